The van der Waals surface area contributed by atoms with Crippen molar-refractivity contribution in [3.8, 4) is 0 Å². The number of piperidine rings is 1. The SMILES string of the molecule is CCC(C)(C)OC(=O)N1CCC(CC2=CCC=CC=C2)CC1. The summed E-state index contributed by atoms with van der Waals surface area (Å²) in [6, 6.07) is 0. The number of carbonyl (C=O) groups is 1. The lowest BCUT2D eigenvalue weighted by Crippen LogP contribution is -2.42. The van der Waals surface area contributed by atoms with Gasteiger partial charge in [-0.25, -0.2) is 4.79 Å². The van der Waals surface area contributed by atoms with Crippen LogP contribution >= 0.6 is 0 Å². The molecule has 122 valence electrons. The molecule has 0 aromatic rings. The van der Waals surface area contributed by atoms with Crippen LogP contribution in [0.1, 0.15) is 52.9 Å². The maximum atomic E-state index is 12.2. The Balaban J connectivity index is 1.78. The second kappa shape index (κ2) is 7.66. The summed E-state index contributed by atoms with van der Waals surface area (Å²) in [7, 11) is 0. The predicted octanol–water partition coefficient (Wildman–Crippen LogP) is 4.86. The largest absolute Gasteiger partial charge is 0.443 e. The van der Waals surface area contributed by atoms with E-state index in [1.165, 1.54) is 5.57 Å². The van der Waals surface area contributed by atoms with E-state index in [1.54, 1.807) is 0 Å². The van der Waals surface area contributed by atoms with Gasteiger partial charge in [-0.15, -0.1) is 0 Å². The minimum absolute atomic E-state index is 0.150. The van der Waals surface area contributed by atoms with Crippen LogP contribution < -0.4 is 0 Å². The molecule has 1 fully saturated rings. The van der Waals surface area contributed by atoms with Gasteiger partial charge in [0.2, 0.25) is 0 Å². The fraction of sp³-hybridized carbons (Fsp3) is 0.632. The van der Waals surface area contributed by atoms with E-state index in [1.807, 2.05) is 25.7 Å². The van der Waals surface area contributed by atoms with Crippen LogP contribution in [0.4, 0.5) is 4.79 Å². The molecule has 1 amide bonds. The minimum atomic E-state index is -0.364. The van der Waals surface area contributed by atoms with Gasteiger partial charge in [-0.2, -0.15) is 0 Å². The van der Waals surface area contributed by atoms with Crippen LogP contribution in [0.5, 0.6) is 0 Å². The maximum absolute atomic E-state index is 12.2. The topological polar surface area (TPSA) is 29.5 Å². The third-order valence-corrected chi connectivity index (χ3v) is 4.69. The predicted molar refractivity (Wildman–Crippen MR) is 90.7 cm³/mol. The zero-order valence-corrected chi connectivity index (χ0v) is 14.2. The second-order valence-electron chi connectivity index (χ2n) is 6.92. The third-order valence-electron chi connectivity index (χ3n) is 4.69. The number of carbonyl (C=O) groups excluding carboxylic acids is 1. The minimum Gasteiger partial charge on any atom is -0.443 e. The Morgan fingerprint density at radius 3 is 2.73 bits per heavy atom. The Morgan fingerprint density at radius 2 is 2.05 bits per heavy atom. The number of amides is 1. The number of nitrogens with zero attached hydrogens (tertiary/aromatic N) is 1. The Morgan fingerprint density at radius 1 is 1.32 bits per heavy atom. The van der Waals surface area contributed by atoms with Crippen LogP contribution in [0, 0.1) is 5.92 Å². The van der Waals surface area contributed by atoms with Crippen molar-refractivity contribution in [1.82, 2.24) is 4.90 Å². The molecule has 1 aliphatic heterocycles. The lowest BCUT2D eigenvalue weighted by Gasteiger charge is -2.34. The molecule has 2 aliphatic rings. The first-order valence-electron chi connectivity index (χ1n) is 8.50. The number of allylic oxidation sites excluding steroid dienone is 6. The molecule has 0 saturated carbocycles. The Labute approximate surface area is 134 Å². The lowest BCUT2D eigenvalue weighted by molar-refractivity contribution is 0.00580. The summed E-state index contributed by atoms with van der Waals surface area (Å²) >= 11 is 0. The average molecular weight is 303 g/mol. The van der Waals surface area contributed by atoms with Gasteiger partial charge in [0, 0.05) is 13.1 Å². The van der Waals surface area contributed by atoms with Crippen LogP contribution in [0.25, 0.3) is 0 Å². The van der Waals surface area contributed by atoms with Gasteiger partial charge in [-0.1, -0.05) is 42.9 Å². The van der Waals surface area contributed by atoms with E-state index < -0.39 is 0 Å². The number of hydrogen-bond donors (Lipinski definition) is 0. The summed E-state index contributed by atoms with van der Waals surface area (Å²) in [5, 5.41) is 0. The molecular weight excluding hydrogens is 274 g/mol. The number of rotatable bonds is 4. The summed E-state index contributed by atoms with van der Waals surface area (Å²) in [4.78, 5) is 14.1. The Bertz CT molecular complexity index is 466. The Hall–Kier alpha value is -1.51. The zero-order valence-electron chi connectivity index (χ0n) is 14.2. The van der Waals surface area contributed by atoms with Crippen LogP contribution in [0.15, 0.2) is 36.0 Å². The molecule has 22 heavy (non-hydrogen) atoms. The van der Waals surface area contributed by atoms with Crippen LogP contribution in [-0.4, -0.2) is 29.7 Å². The molecule has 0 atom stereocenters. The highest BCUT2D eigenvalue weighted by molar-refractivity contribution is 5.68. The lowest BCUT2D eigenvalue weighted by atomic mass is 9.90. The van der Waals surface area contributed by atoms with Gasteiger partial charge >= 0.3 is 6.09 Å². The summed E-state index contributed by atoms with van der Waals surface area (Å²) in [5.74, 6) is 0.678. The van der Waals surface area contributed by atoms with Crippen molar-refractivity contribution in [3.63, 3.8) is 0 Å². The summed E-state index contributed by atoms with van der Waals surface area (Å²) in [6.07, 6.45) is 15.9. The van der Waals surface area contributed by atoms with E-state index in [-0.39, 0.29) is 11.7 Å². The quantitative estimate of drug-likeness (QED) is 0.742. The monoisotopic (exact) mass is 303 g/mol. The van der Waals surface area contributed by atoms with E-state index in [2.05, 4.69) is 30.4 Å². The van der Waals surface area contributed by atoms with Crippen molar-refractivity contribution >= 4 is 6.09 Å². The van der Waals surface area contributed by atoms with E-state index in [9.17, 15) is 4.79 Å². The van der Waals surface area contributed by atoms with Crippen molar-refractivity contribution in [3.05, 3.63) is 36.0 Å². The molecule has 0 radical (unpaired) electrons. The van der Waals surface area contributed by atoms with E-state index in [0.717, 1.165) is 45.2 Å². The molecule has 0 spiro atoms. The van der Waals surface area contributed by atoms with Crippen molar-refractivity contribution < 1.29 is 9.53 Å². The van der Waals surface area contributed by atoms with Crippen molar-refractivity contribution in [2.75, 3.05) is 13.1 Å². The first kappa shape index (κ1) is 16.9. The molecule has 0 aromatic carbocycles. The van der Waals surface area contributed by atoms with E-state index in [0.29, 0.717) is 5.92 Å². The normalized spacial score (nSPS) is 19.8. The van der Waals surface area contributed by atoms with Crippen LogP contribution in [0.2, 0.25) is 0 Å². The van der Waals surface area contributed by atoms with Gasteiger partial charge in [-0.05, 0) is 51.9 Å². The highest BCUT2D eigenvalue weighted by Crippen LogP contribution is 2.26. The van der Waals surface area contributed by atoms with E-state index >= 15 is 0 Å². The first-order chi connectivity index (χ1) is 10.5. The molecule has 2 rings (SSSR count). The molecule has 1 heterocycles. The molecule has 0 bridgehead atoms. The fourth-order valence-electron chi connectivity index (χ4n) is 2.80. The van der Waals surface area contributed by atoms with Crippen LogP contribution in [-0.2, 0) is 4.74 Å². The Kier molecular flexibility index (Phi) is 5.87. The molecule has 1 saturated heterocycles. The van der Waals surface area contributed by atoms with Crippen molar-refractivity contribution in [2.45, 2.75) is 58.5 Å². The number of likely N-dealkylation sites (tertiary alicyclic amines) is 1. The molecule has 0 unspecified atom stereocenters. The number of hydrogen-bond acceptors (Lipinski definition) is 2. The second-order valence-corrected chi connectivity index (χ2v) is 6.92. The molecule has 3 heteroatoms. The first-order valence-corrected chi connectivity index (χ1v) is 8.50. The molecule has 0 aromatic heterocycles. The number of ether oxygens (including phenoxy) is 1. The highest BCUT2D eigenvalue weighted by Gasteiger charge is 2.28. The van der Waals surface area contributed by atoms with Gasteiger partial charge in [0.15, 0.2) is 0 Å². The van der Waals surface area contributed by atoms with E-state index in [4.69, 9.17) is 4.74 Å². The zero-order chi connectivity index (χ0) is 16.0. The third kappa shape index (κ3) is 5.04. The summed E-state index contributed by atoms with van der Waals surface area (Å²) < 4.78 is 5.58. The highest BCUT2D eigenvalue weighted by atomic mass is 16.6. The van der Waals surface area contributed by atoms with Gasteiger partial charge in [0.05, 0.1) is 0 Å². The van der Waals surface area contributed by atoms with Gasteiger partial charge in [0.25, 0.3) is 0 Å². The molecule has 0 N–H and O–H groups in total. The van der Waals surface area contributed by atoms with Gasteiger partial charge in [0.1, 0.15) is 5.60 Å². The van der Waals surface area contributed by atoms with Gasteiger partial charge in [-0.3, -0.25) is 0 Å². The average Bonchev–Trinajstić information content (AvgIpc) is 2.76. The summed E-state index contributed by atoms with van der Waals surface area (Å²) in [5.41, 5.74) is 1.06. The van der Waals surface area contributed by atoms with Crippen LogP contribution in [0.3, 0.4) is 0 Å². The standard InChI is InChI=1S/C19H29NO2/c1-4-19(2,3)22-18(21)20-13-11-17(12-14-20)15-16-9-7-5-6-8-10-16/h5-7,9-10,17H,4,8,11-15H2,1-3H3. The summed E-state index contributed by atoms with van der Waals surface area (Å²) in [6.45, 7) is 7.62. The fourth-order valence-corrected chi connectivity index (χ4v) is 2.80. The molecular formula is C19H29NO2. The molecule has 3 nitrogen and oxygen atoms in total. The maximum Gasteiger partial charge on any atom is 0.410 e. The van der Waals surface area contributed by atoms with Crippen molar-refractivity contribution in [1.29, 1.82) is 0 Å². The van der Waals surface area contributed by atoms with Gasteiger partial charge < -0.3 is 9.64 Å². The molecule has 1 aliphatic carbocycles. The van der Waals surface area contributed by atoms with Crippen molar-refractivity contribution in [2.24, 2.45) is 5.92 Å². The smallest absolute Gasteiger partial charge is 0.410 e.